The summed E-state index contributed by atoms with van der Waals surface area (Å²) in [6.07, 6.45) is 4.75. The third-order valence-electron chi connectivity index (χ3n) is 2.02. The molecular weight excluding hydrogens is 210 g/mol. The molecule has 84 valence electrons. The van der Waals surface area contributed by atoms with E-state index in [4.69, 9.17) is 4.74 Å². The lowest BCUT2D eigenvalue weighted by molar-refractivity contribution is 0.102. The van der Waals surface area contributed by atoms with Gasteiger partial charge in [-0.05, 0) is 18.2 Å². The van der Waals surface area contributed by atoms with Crippen LogP contribution in [0.4, 0.5) is 0 Å². The van der Waals surface area contributed by atoms with Gasteiger partial charge in [0, 0.05) is 38.7 Å². The lowest BCUT2D eigenvalue weighted by atomic mass is 10.2. The normalized spacial score (nSPS) is 10.5. The first-order valence-electron chi connectivity index (χ1n) is 4.96. The van der Waals surface area contributed by atoms with Crippen molar-refractivity contribution in [3.05, 3.63) is 24.0 Å². The van der Waals surface area contributed by atoms with Crippen LogP contribution in [0.5, 0.6) is 0 Å². The second-order valence-corrected chi connectivity index (χ2v) is 4.49. The average molecular weight is 227 g/mol. The van der Waals surface area contributed by atoms with E-state index in [0.717, 1.165) is 24.3 Å². The number of ketones is 1. The number of thioether (sulfide) groups is 1. The number of carbonyl (C=O) groups is 1. The number of rotatable bonds is 7. The number of carbonyl (C=O) groups excluding carboxylic acids is 1. The summed E-state index contributed by atoms with van der Waals surface area (Å²) in [5, 5.41) is 0. The van der Waals surface area contributed by atoms with Gasteiger partial charge in [-0.25, -0.2) is 0 Å². The van der Waals surface area contributed by atoms with Crippen molar-refractivity contribution in [1.82, 2.24) is 4.57 Å². The summed E-state index contributed by atoms with van der Waals surface area (Å²) in [6.45, 7) is 0.770. The molecule has 0 unspecified atom stereocenters. The van der Waals surface area contributed by atoms with E-state index >= 15 is 0 Å². The van der Waals surface area contributed by atoms with Gasteiger partial charge in [0.05, 0.1) is 5.75 Å². The molecule has 3 nitrogen and oxygen atoms in total. The minimum atomic E-state index is 0.206. The van der Waals surface area contributed by atoms with E-state index in [0.29, 0.717) is 5.75 Å². The van der Waals surface area contributed by atoms with Crippen molar-refractivity contribution in [2.75, 3.05) is 25.2 Å². The Hall–Kier alpha value is -0.740. The number of Topliss-reactive ketones (excluding diaryl/α,β-unsaturated/α-hetero) is 1. The summed E-state index contributed by atoms with van der Waals surface area (Å²) in [6, 6.07) is 1.86. The highest BCUT2D eigenvalue weighted by atomic mass is 32.2. The van der Waals surface area contributed by atoms with Crippen molar-refractivity contribution in [1.29, 1.82) is 0 Å². The van der Waals surface area contributed by atoms with Gasteiger partial charge in [0.1, 0.15) is 0 Å². The van der Waals surface area contributed by atoms with Crippen LogP contribution in [-0.2, 0) is 11.8 Å². The Kier molecular flexibility index (Phi) is 5.50. The summed E-state index contributed by atoms with van der Waals surface area (Å²) in [7, 11) is 3.61. The molecule has 15 heavy (non-hydrogen) atoms. The molecule has 0 aliphatic carbocycles. The molecule has 1 aromatic heterocycles. The Morgan fingerprint density at radius 1 is 1.60 bits per heavy atom. The molecule has 4 heteroatoms. The van der Waals surface area contributed by atoms with E-state index in [1.807, 2.05) is 30.1 Å². The van der Waals surface area contributed by atoms with Gasteiger partial charge < -0.3 is 9.30 Å². The van der Waals surface area contributed by atoms with Crippen LogP contribution in [0.1, 0.15) is 16.8 Å². The highest BCUT2D eigenvalue weighted by Gasteiger charge is 2.06. The summed E-state index contributed by atoms with van der Waals surface area (Å²) >= 11 is 1.67. The molecule has 0 fully saturated rings. The largest absolute Gasteiger partial charge is 0.385 e. The zero-order valence-corrected chi connectivity index (χ0v) is 10.0. The lowest BCUT2D eigenvalue weighted by Crippen LogP contribution is -2.02. The molecule has 0 aliphatic heterocycles. The zero-order valence-electron chi connectivity index (χ0n) is 9.23. The molecule has 0 aliphatic rings. The van der Waals surface area contributed by atoms with Gasteiger partial charge in [-0.15, -0.1) is 0 Å². The molecule has 0 spiro atoms. The number of methoxy groups -OCH3 is 1. The van der Waals surface area contributed by atoms with Crippen molar-refractivity contribution >= 4 is 17.5 Å². The topological polar surface area (TPSA) is 31.2 Å². The Labute approximate surface area is 94.8 Å². The first-order valence-corrected chi connectivity index (χ1v) is 6.11. The molecule has 1 rings (SSSR count). The van der Waals surface area contributed by atoms with Crippen LogP contribution in [0.2, 0.25) is 0 Å². The number of ether oxygens (including phenoxy) is 1. The predicted molar refractivity (Wildman–Crippen MR) is 63.6 cm³/mol. The van der Waals surface area contributed by atoms with Crippen molar-refractivity contribution in [2.45, 2.75) is 6.42 Å². The molecule has 0 atom stereocenters. The van der Waals surface area contributed by atoms with E-state index in [-0.39, 0.29) is 5.78 Å². The van der Waals surface area contributed by atoms with Crippen LogP contribution in [0.25, 0.3) is 0 Å². The number of hydrogen-bond donors (Lipinski definition) is 0. The molecule has 1 aromatic rings. The first kappa shape index (κ1) is 12.3. The van der Waals surface area contributed by atoms with E-state index in [2.05, 4.69) is 0 Å². The van der Waals surface area contributed by atoms with E-state index in [9.17, 15) is 4.79 Å². The molecule has 0 saturated heterocycles. The van der Waals surface area contributed by atoms with Gasteiger partial charge in [-0.2, -0.15) is 11.8 Å². The number of hydrogen-bond acceptors (Lipinski definition) is 3. The highest BCUT2D eigenvalue weighted by molar-refractivity contribution is 7.99. The van der Waals surface area contributed by atoms with E-state index < -0.39 is 0 Å². The van der Waals surface area contributed by atoms with Crippen molar-refractivity contribution < 1.29 is 9.53 Å². The highest BCUT2D eigenvalue weighted by Crippen LogP contribution is 2.08. The molecule has 0 N–H and O–H groups in total. The first-order chi connectivity index (χ1) is 7.24. The second-order valence-electron chi connectivity index (χ2n) is 3.39. The molecule has 0 aromatic carbocycles. The van der Waals surface area contributed by atoms with Crippen molar-refractivity contribution in [3.8, 4) is 0 Å². The minimum Gasteiger partial charge on any atom is -0.385 e. The Morgan fingerprint density at radius 2 is 2.40 bits per heavy atom. The van der Waals surface area contributed by atoms with Gasteiger partial charge in [0.25, 0.3) is 0 Å². The predicted octanol–water partition coefficient (Wildman–Crippen LogP) is 1.98. The summed E-state index contributed by atoms with van der Waals surface area (Å²) in [5.41, 5.74) is 0.803. The van der Waals surface area contributed by atoms with Gasteiger partial charge >= 0.3 is 0 Å². The van der Waals surface area contributed by atoms with Crippen LogP contribution in [0.15, 0.2) is 18.5 Å². The SMILES string of the molecule is COCCCSCC(=O)c1ccn(C)c1. The monoisotopic (exact) mass is 227 g/mol. The summed E-state index contributed by atoms with van der Waals surface area (Å²) in [4.78, 5) is 11.6. The zero-order chi connectivity index (χ0) is 11.1. The van der Waals surface area contributed by atoms with Crippen LogP contribution in [0.3, 0.4) is 0 Å². The quantitative estimate of drug-likeness (QED) is 0.527. The number of aryl methyl sites for hydroxylation is 1. The molecule has 0 saturated carbocycles. The summed E-state index contributed by atoms with van der Waals surface area (Å²) in [5.74, 6) is 1.75. The van der Waals surface area contributed by atoms with Crippen molar-refractivity contribution in [2.24, 2.45) is 7.05 Å². The Morgan fingerprint density at radius 3 is 3.00 bits per heavy atom. The number of nitrogens with zero attached hydrogens (tertiary/aromatic N) is 1. The fourth-order valence-corrected chi connectivity index (χ4v) is 2.04. The van der Waals surface area contributed by atoms with Crippen LogP contribution >= 0.6 is 11.8 Å². The molecule has 1 heterocycles. The maximum absolute atomic E-state index is 11.6. The van der Waals surface area contributed by atoms with Crippen LogP contribution < -0.4 is 0 Å². The van der Waals surface area contributed by atoms with Gasteiger partial charge in [0.15, 0.2) is 5.78 Å². The molecule has 0 amide bonds. The standard InChI is InChI=1S/C11H17NO2S/c1-12-5-4-10(8-12)11(13)9-15-7-3-6-14-2/h4-5,8H,3,6-7,9H2,1-2H3. The van der Waals surface area contributed by atoms with Gasteiger partial charge in [-0.1, -0.05) is 0 Å². The lowest BCUT2D eigenvalue weighted by Gasteiger charge is -1.99. The fraction of sp³-hybridized carbons (Fsp3) is 0.545. The number of aromatic nitrogens is 1. The van der Waals surface area contributed by atoms with Crippen LogP contribution in [-0.4, -0.2) is 35.6 Å². The minimum absolute atomic E-state index is 0.206. The van der Waals surface area contributed by atoms with E-state index in [1.165, 1.54) is 0 Å². The third-order valence-corrected chi connectivity index (χ3v) is 3.07. The maximum Gasteiger partial charge on any atom is 0.174 e. The van der Waals surface area contributed by atoms with Gasteiger partial charge in [-0.3, -0.25) is 4.79 Å². The third kappa shape index (κ3) is 4.53. The second kappa shape index (κ2) is 6.69. The van der Waals surface area contributed by atoms with Gasteiger partial charge in [0.2, 0.25) is 0 Å². The van der Waals surface area contributed by atoms with Crippen molar-refractivity contribution in [3.63, 3.8) is 0 Å². The molecule has 0 radical (unpaired) electrons. The van der Waals surface area contributed by atoms with E-state index in [1.54, 1.807) is 18.9 Å². The van der Waals surface area contributed by atoms with Crippen LogP contribution in [0, 0.1) is 0 Å². The summed E-state index contributed by atoms with van der Waals surface area (Å²) < 4.78 is 6.83. The maximum atomic E-state index is 11.6. The Balaban J connectivity index is 2.19. The molecule has 0 bridgehead atoms. The Bertz CT molecular complexity index is 309. The fourth-order valence-electron chi connectivity index (χ4n) is 1.22. The average Bonchev–Trinajstić information content (AvgIpc) is 2.64. The smallest absolute Gasteiger partial charge is 0.174 e. The molecular formula is C11H17NO2S.